The van der Waals surface area contributed by atoms with E-state index >= 15 is 0 Å². The van der Waals surface area contributed by atoms with Gasteiger partial charge < -0.3 is 10.3 Å². The summed E-state index contributed by atoms with van der Waals surface area (Å²) in [4.78, 5) is 15.3. The maximum absolute atomic E-state index is 11.9. The molecule has 3 nitrogen and oxygen atoms in total. The number of amides is 1. The predicted octanol–water partition coefficient (Wildman–Crippen LogP) is 2.77. The van der Waals surface area contributed by atoms with E-state index in [2.05, 4.69) is 34.6 Å². The van der Waals surface area contributed by atoms with Gasteiger partial charge in [-0.05, 0) is 37.1 Å². The number of fused-ring (bicyclic) bond motifs is 1. The third-order valence-electron chi connectivity index (χ3n) is 4.12. The standard InChI is InChI=1S/C15H18N2O/c1-9-4-7-12(16-9)10-5-6-11-13(8-10)17-14(18)15(11,2)3/h4-5,7-8,11,16H,6H2,1-3H3,(H,17,18). The molecule has 1 aromatic rings. The second kappa shape index (κ2) is 3.61. The fourth-order valence-corrected chi connectivity index (χ4v) is 2.82. The van der Waals surface area contributed by atoms with E-state index in [0.717, 1.165) is 23.5 Å². The second-order valence-electron chi connectivity index (χ2n) is 5.78. The molecule has 0 spiro atoms. The largest absolute Gasteiger partial charge is 0.359 e. The van der Waals surface area contributed by atoms with Crippen LogP contribution in [0.1, 0.15) is 31.7 Å². The van der Waals surface area contributed by atoms with Gasteiger partial charge in [-0.15, -0.1) is 0 Å². The first-order valence-corrected chi connectivity index (χ1v) is 6.37. The van der Waals surface area contributed by atoms with Gasteiger partial charge in [0.05, 0.1) is 5.41 Å². The molecule has 1 aromatic heterocycles. The zero-order valence-corrected chi connectivity index (χ0v) is 11.0. The molecule has 1 aliphatic heterocycles. The number of aromatic nitrogens is 1. The number of carbonyl (C=O) groups excluding carboxylic acids is 1. The Bertz CT molecular complexity index is 575. The molecule has 0 saturated carbocycles. The van der Waals surface area contributed by atoms with Crippen molar-refractivity contribution in [2.45, 2.75) is 27.2 Å². The SMILES string of the molecule is Cc1ccc(C2=CCC3C(=C2)NC(=O)C3(C)C)[nH]1. The number of aryl methyl sites for hydroxylation is 1. The van der Waals surface area contributed by atoms with Crippen molar-refractivity contribution in [3.8, 4) is 0 Å². The highest BCUT2D eigenvalue weighted by atomic mass is 16.2. The Morgan fingerprint density at radius 2 is 2.11 bits per heavy atom. The van der Waals surface area contributed by atoms with Crippen LogP contribution in [0.15, 0.2) is 30.0 Å². The number of aromatic amines is 1. The first kappa shape index (κ1) is 11.3. The van der Waals surface area contributed by atoms with E-state index in [4.69, 9.17) is 0 Å². The fraction of sp³-hybridized carbons (Fsp3) is 0.400. The minimum atomic E-state index is -0.292. The summed E-state index contributed by atoms with van der Waals surface area (Å²) in [5.74, 6) is 0.431. The number of carbonyl (C=O) groups is 1. The molecule has 2 heterocycles. The smallest absolute Gasteiger partial charge is 0.230 e. The molecule has 2 N–H and O–H groups in total. The molecule has 3 heteroatoms. The van der Waals surface area contributed by atoms with Crippen LogP contribution in [0.5, 0.6) is 0 Å². The summed E-state index contributed by atoms with van der Waals surface area (Å²) in [7, 11) is 0. The first-order chi connectivity index (χ1) is 8.48. The predicted molar refractivity (Wildman–Crippen MR) is 71.6 cm³/mol. The topological polar surface area (TPSA) is 44.9 Å². The van der Waals surface area contributed by atoms with E-state index in [1.54, 1.807) is 0 Å². The molecule has 1 amide bonds. The van der Waals surface area contributed by atoms with Gasteiger partial charge in [0.15, 0.2) is 0 Å². The van der Waals surface area contributed by atoms with Crippen LogP contribution >= 0.6 is 0 Å². The van der Waals surface area contributed by atoms with E-state index in [1.165, 1.54) is 5.57 Å². The molecule has 1 atom stereocenters. The minimum Gasteiger partial charge on any atom is -0.359 e. The van der Waals surface area contributed by atoms with Crippen molar-refractivity contribution in [2.24, 2.45) is 11.3 Å². The zero-order chi connectivity index (χ0) is 12.9. The molecule has 0 aromatic carbocycles. The molecule has 3 rings (SSSR count). The summed E-state index contributed by atoms with van der Waals surface area (Å²) in [6, 6.07) is 4.15. The Kier molecular flexibility index (Phi) is 2.27. The molecular formula is C15H18N2O. The molecule has 1 saturated heterocycles. The Balaban J connectivity index is 1.95. The van der Waals surface area contributed by atoms with Gasteiger partial charge in [0.1, 0.15) is 0 Å². The third kappa shape index (κ3) is 1.54. The van der Waals surface area contributed by atoms with Gasteiger partial charge in [-0.2, -0.15) is 0 Å². The summed E-state index contributed by atoms with van der Waals surface area (Å²) in [6.45, 7) is 6.08. The van der Waals surface area contributed by atoms with Gasteiger partial charge in [0.25, 0.3) is 0 Å². The number of hydrogen-bond donors (Lipinski definition) is 2. The third-order valence-corrected chi connectivity index (χ3v) is 4.12. The van der Waals surface area contributed by atoms with Crippen LogP contribution in [0.2, 0.25) is 0 Å². The van der Waals surface area contributed by atoms with Crippen LogP contribution in [0.25, 0.3) is 5.57 Å². The quantitative estimate of drug-likeness (QED) is 0.781. The van der Waals surface area contributed by atoms with E-state index in [-0.39, 0.29) is 11.3 Å². The number of H-pyrrole nitrogens is 1. The second-order valence-corrected chi connectivity index (χ2v) is 5.78. The van der Waals surface area contributed by atoms with E-state index in [9.17, 15) is 4.79 Å². The summed E-state index contributed by atoms with van der Waals surface area (Å²) >= 11 is 0. The van der Waals surface area contributed by atoms with Crippen molar-refractivity contribution in [2.75, 3.05) is 0 Å². The van der Waals surface area contributed by atoms with Gasteiger partial charge in [0.2, 0.25) is 5.91 Å². The van der Waals surface area contributed by atoms with Crippen molar-refractivity contribution in [1.82, 2.24) is 10.3 Å². The van der Waals surface area contributed by atoms with Gasteiger partial charge in [-0.25, -0.2) is 0 Å². The average molecular weight is 242 g/mol. The number of hydrogen-bond acceptors (Lipinski definition) is 1. The van der Waals surface area contributed by atoms with Crippen molar-refractivity contribution in [3.05, 3.63) is 41.4 Å². The van der Waals surface area contributed by atoms with Crippen LogP contribution < -0.4 is 5.32 Å². The zero-order valence-electron chi connectivity index (χ0n) is 11.0. The van der Waals surface area contributed by atoms with Crippen LogP contribution in [0.4, 0.5) is 0 Å². The monoisotopic (exact) mass is 242 g/mol. The number of allylic oxidation sites excluding steroid dienone is 4. The van der Waals surface area contributed by atoms with Crippen molar-refractivity contribution >= 4 is 11.5 Å². The van der Waals surface area contributed by atoms with Gasteiger partial charge >= 0.3 is 0 Å². The molecular weight excluding hydrogens is 224 g/mol. The Morgan fingerprint density at radius 1 is 1.33 bits per heavy atom. The minimum absolute atomic E-state index is 0.135. The van der Waals surface area contributed by atoms with Crippen LogP contribution in [-0.4, -0.2) is 10.9 Å². The van der Waals surface area contributed by atoms with Gasteiger partial charge in [0, 0.05) is 23.0 Å². The van der Waals surface area contributed by atoms with Gasteiger partial charge in [-0.1, -0.05) is 19.9 Å². The Labute approximate surface area is 107 Å². The van der Waals surface area contributed by atoms with Gasteiger partial charge in [-0.3, -0.25) is 4.79 Å². The molecule has 1 fully saturated rings. The first-order valence-electron chi connectivity index (χ1n) is 6.37. The van der Waals surface area contributed by atoms with Crippen molar-refractivity contribution < 1.29 is 4.79 Å². The average Bonchev–Trinajstić information content (AvgIpc) is 2.83. The summed E-state index contributed by atoms with van der Waals surface area (Å²) in [6.07, 6.45) is 5.25. The summed E-state index contributed by atoms with van der Waals surface area (Å²) in [5.41, 5.74) is 4.22. The molecule has 94 valence electrons. The maximum atomic E-state index is 11.9. The Morgan fingerprint density at radius 3 is 2.78 bits per heavy atom. The highest BCUT2D eigenvalue weighted by Crippen LogP contribution is 2.43. The van der Waals surface area contributed by atoms with E-state index < -0.39 is 0 Å². The number of rotatable bonds is 1. The highest BCUT2D eigenvalue weighted by Gasteiger charge is 2.45. The summed E-state index contributed by atoms with van der Waals surface area (Å²) < 4.78 is 0. The van der Waals surface area contributed by atoms with E-state index in [1.807, 2.05) is 20.8 Å². The molecule has 1 unspecified atom stereocenters. The van der Waals surface area contributed by atoms with Crippen LogP contribution in [-0.2, 0) is 4.79 Å². The lowest BCUT2D eigenvalue weighted by molar-refractivity contribution is -0.127. The molecule has 0 bridgehead atoms. The maximum Gasteiger partial charge on any atom is 0.230 e. The number of nitrogens with one attached hydrogen (secondary N) is 2. The summed E-state index contributed by atoms with van der Waals surface area (Å²) in [5, 5.41) is 3.02. The van der Waals surface area contributed by atoms with Crippen molar-refractivity contribution in [1.29, 1.82) is 0 Å². The Hall–Kier alpha value is -1.77. The highest BCUT2D eigenvalue weighted by molar-refractivity contribution is 5.89. The normalized spacial score (nSPS) is 25.3. The molecule has 18 heavy (non-hydrogen) atoms. The lowest BCUT2D eigenvalue weighted by Crippen LogP contribution is -2.28. The lowest BCUT2D eigenvalue weighted by Gasteiger charge is -2.25. The van der Waals surface area contributed by atoms with Crippen LogP contribution in [0, 0.1) is 18.3 Å². The van der Waals surface area contributed by atoms with Crippen LogP contribution in [0.3, 0.4) is 0 Å². The van der Waals surface area contributed by atoms with E-state index in [0.29, 0.717) is 5.92 Å². The fourth-order valence-electron chi connectivity index (χ4n) is 2.82. The molecule has 0 radical (unpaired) electrons. The van der Waals surface area contributed by atoms with Crippen molar-refractivity contribution in [3.63, 3.8) is 0 Å². The molecule has 2 aliphatic rings. The lowest BCUT2D eigenvalue weighted by atomic mass is 9.76. The molecule has 1 aliphatic carbocycles.